The zero-order valence-corrected chi connectivity index (χ0v) is 8.56. The SMILES string of the molecule is NCCc1ccnc2c1ncn2C1CC1. The smallest absolute Gasteiger partial charge is 0.160 e. The lowest BCUT2D eigenvalue weighted by Crippen LogP contribution is -2.03. The molecule has 15 heavy (non-hydrogen) atoms. The van der Waals surface area contributed by atoms with Crippen LogP contribution in [0.4, 0.5) is 0 Å². The molecule has 0 saturated heterocycles. The van der Waals surface area contributed by atoms with Crippen LogP contribution in [0.15, 0.2) is 18.6 Å². The predicted molar refractivity (Wildman–Crippen MR) is 58.6 cm³/mol. The molecule has 1 aliphatic rings. The Bertz CT molecular complexity index is 484. The van der Waals surface area contributed by atoms with E-state index in [0.717, 1.165) is 17.6 Å². The third-order valence-corrected chi connectivity index (χ3v) is 2.90. The van der Waals surface area contributed by atoms with E-state index in [0.29, 0.717) is 12.6 Å². The molecule has 2 N–H and O–H groups in total. The summed E-state index contributed by atoms with van der Waals surface area (Å²) >= 11 is 0. The van der Waals surface area contributed by atoms with Crippen LogP contribution in [-0.4, -0.2) is 21.1 Å². The molecule has 0 spiro atoms. The van der Waals surface area contributed by atoms with Crippen molar-refractivity contribution in [2.24, 2.45) is 5.73 Å². The summed E-state index contributed by atoms with van der Waals surface area (Å²) < 4.78 is 2.19. The summed E-state index contributed by atoms with van der Waals surface area (Å²) in [5.41, 5.74) is 8.83. The first-order valence-corrected chi connectivity index (χ1v) is 5.40. The Hall–Kier alpha value is -1.42. The van der Waals surface area contributed by atoms with Gasteiger partial charge in [-0.05, 0) is 37.4 Å². The maximum Gasteiger partial charge on any atom is 0.160 e. The van der Waals surface area contributed by atoms with E-state index in [-0.39, 0.29) is 0 Å². The fourth-order valence-corrected chi connectivity index (χ4v) is 1.96. The van der Waals surface area contributed by atoms with Gasteiger partial charge in [0.1, 0.15) is 5.52 Å². The van der Waals surface area contributed by atoms with E-state index in [1.807, 2.05) is 18.6 Å². The number of aromatic nitrogens is 3. The fraction of sp³-hybridized carbons (Fsp3) is 0.455. The molecule has 0 radical (unpaired) electrons. The summed E-state index contributed by atoms with van der Waals surface area (Å²) in [4.78, 5) is 8.85. The molecule has 1 fully saturated rings. The first kappa shape index (κ1) is 8.85. The Balaban J connectivity index is 2.14. The summed E-state index contributed by atoms with van der Waals surface area (Å²) in [5, 5.41) is 0. The summed E-state index contributed by atoms with van der Waals surface area (Å²) in [6.07, 6.45) is 7.16. The molecule has 78 valence electrons. The minimum atomic E-state index is 0.635. The maximum absolute atomic E-state index is 5.58. The molecule has 1 aliphatic carbocycles. The van der Waals surface area contributed by atoms with Gasteiger partial charge in [0.05, 0.1) is 6.33 Å². The van der Waals surface area contributed by atoms with Crippen molar-refractivity contribution in [3.8, 4) is 0 Å². The average molecular weight is 202 g/mol. The number of pyridine rings is 1. The highest BCUT2D eigenvalue weighted by Gasteiger charge is 2.25. The highest BCUT2D eigenvalue weighted by molar-refractivity contribution is 5.75. The van der Waals surface area contributed by atoms with Gasteiger partial charge in [0, 0.05) is 12.2 Å². The number of fused-ring (bicyclic) bond motifs is 1. The Morgan fingerprint density at radius 2 is 2.27 bits per heavy atom. The van der Waals surface area contributed by atoms with Crippen molar-refractivity contribution in [2.45, 2.75) is 25.3 Å². The molecule has 2 heterocycles. The number of imidazole rings is 1. The van der Waals surface area contributed by atoms with Gasteiger partial charge in [-0.25, -0.2) is 9.97 Å². The standard InChI is InChI=1S/C11H14N4/c12-5-3-8-4-6-13-11-10(8)14-7-15(11)9-1-2-9/h4,6-7,9H,1-3,5,12H2. The molecule has 1 saturated carbocycles. The highest BCUT2D eigenvalue weighted by atomic mass is 15.1. The Morgan fingerprint density at radius 3 is 3.00 bits per heavy atom. The summed E-state index contributed by atoms with van der Waals surface area (Å²) in [5.74, 6) is 0. The van der Waals surface area contributed by atoms with Gasteiger partial charge in [0.15, 0.2) is 5.65 Å². The predicted octanol–water partition coefficient (Wildman–Crippen LogP) is 1.27. The van der Waals surface area contributed by atoms with E-state index in [4.69, 9.17) is 5.73 Å². The van der Waals surface area contributed by atoms with Gasteiger partial charge in [0.25, 0.3) is 0 Å². The second kappa shape index (κ2) is 3.31. The average Bonchev–Trinajstić information content (AvgIpc) is 3.00. The highest BCUT2D eigenvalue weighted by Crippen LogP contribution is 2.36. The Kier molecular flexibility index (Phi) is 1.95. The number of hydrogen-bond acceptors (Lipinski definition) is 3. The van der Waals surface area contributed by atoms with E-state index in [2.05, 4.69) is 14.5 Å². The third kappa shape index (κ3) is 1.41. The molecule has 0 atom stereocenters. The van der Waals surface area contributed by atoms with Gasteiger partial charge >= 0.3 is 0 Å². The molecular formula is C11H14N4. The monoisotopic (exact) mass is 202 g/mol. The number of rotatable bonds is 3. The van der Waals surface area contributed by atoms with Crippen molar-refractivity contribution in [3.05, 3.63) is 24.2 Å². The zero-order valence-electron chi connectivity index (χ0n) is 8.56. The third-order valence-electron chi connectivity index (χ3n) is 2.90. The number of nitrogens with zero attached hydrogens (tertiary/aromatic N) is 3. The van der Waals surface area contributed by atoms with Crippen LogP contribution in [0, 0.1) is 0 Å². The molecule has 0 amide bonds. The van der Waals surface area contributed by atoms with Crippen LogP contribution in [0.25, 0.3) is 11.2 Å². The van der Waals surface area contributed by atoms with Gasteiger partial charge in [-0.2, -0.15) is 0 Å². The van der Waals surface area contributed by atoms with Crippen molar-refractivity contribution in [1.29, 1.82) is 0 Å². The van der Waals surface area contributed by atoms with Crippen LogP contribution in [0.2, 0.25) is 0 Å². The minimum absolute atomic E-state index is 0.635. The normalized spacial score (nSPS) is 16.1. The van der Waals surface area contributed by atoms with Gasteiger partial charge in [0.2, 0.25) is 0 Å². The number of nitrogens with two attached hydrogens (primary N) is 1. The van der Waals surface area contributed by atoms with E-state index >= 15 is 0 Å². The molecule has 2 aromatic rings. The molecule has 0 bridgehead atoms. The molecule has 0 aliphatic heterocycles. The molecular weight excluding hydrogens is 188 g/mol. The Morgan fingerprint density at radius 1 is 1.40 bits per heavy atom. The van der Waals surface area contributed by atoms with Gasteiger partial charge in [-0.15, -0.1) is 0 Å². The topological polar surface area (TPSA) is 56.7 Å². The van der Waals surface area contributed by atoms with Crippen molar-refractivity contribution >= 4 is 11.2 Å². The van der Waals surface area contributed by atoms with Crippen LogP contribution in [-0.2, 0) is 6.42 Å². The molecule has 2 aromatic heterocycles. The fourth-order valence-electron chi connectivity index (χ4n) is 1.96. The summed E-state index contributed by atoms with van der Waals surface area (Å²) in [6.45, 7) is 0.662. The van der Waals surface area contributed by atoms with Gasteiger partial charge in [-0.1, -0.05) is 0 Å². The van der Waals surface area contributed by atoms with Crippen molar-refractivity contribution in [2.75, 3.05) is 6.54 Å². The van der Waals surface area contributed by atoms with Crippen LogP contribution >= 0.6 is 0 Å². The van der Waals surface area contributed by atoms with E-state index < -0.39 is 0 Å². The quantitative estimate of drug-likeness (QED) is 0.815. The van der Waals surface area contributed by atoms with E-state index in [1.165, 1.54) is 18.4 Å². The lowest BCUT2D eigenvalue weighted by atomic mass is 10.2. The zero-order chi connectivity index (χ0) is 10.3. The minimum Gasteiger partial charge on any atom is -0.330 e. The maximum atomic E-state index is 5.58. The molecule has 3 rings (SSSR count). The number of hydrogen-bond donors (Lipinski definition) is 1. The molecule has 0 unspecified atom stereocenters. The van der Waals surface area contributed by atoms with Crippen LogP contribution < -0.4 is 5.73 Å². The molecule has 4 heteroatoms. The van der Waals surface area contributed by atoms with Gasteiger partial charge < -0.3 is 10.3 Å². The van der Waals surface area contributed by atoms with Crippen LogP contribution in [0.5, 0.6) is 0 Å². The summed E-state index contributed by atoms with van der Waals surface area (Å²) in [6, 6.07) is 2.65. The molecule has 4 nitrogen and oxygen atoms in total. The van der Waals surface area contributed by atoms with Crippen LogP contribution in [0.1, 0.15) is 24.4 Å². The lowest BCUT2D eigenvalue weighted by molar-refractivity contribution is 0.757. The Labute approximate surface area is 88.1 Å². The van der Waals surface area contributed by atoms with E-state index in [1.54, 1.807) is 0 Å². The first-order chi connectivity index (χ1) is 7.40. The van der Waals surface area contributed by atoms with Crippen molar-refractivity contribution in [3.63, 3.8) is 0 Å². The van der Waals surface area contributed by atoms with Crippen molar-refractivity contribution < 1.29 is 0 Å². The van der Waals surface area contributed by atoms with Gasteiger partial charge in [-0.3, -0.25) is 0 Å². The largest absolute Gasteiger partial charge is 0.330 e. The van der Waals surface area contributed by atoms with E-state index in [9.17, 15) is 0 Å². The van der Waals surface area contributed by atoms with Crippen molar-refractivity contribution in [1.82, 2.24) is 14.5 Å². The summed E-state index contributed by atoms with van der Waals surface area (Å²) in [7, 11) is 0. The molecule has 0 aromatic carbocycles. The van der Waals surface area contributed by atoms with Crippen LogP contribution in [0.3, 0.4) is 0 Å². The lowest BCUT2D eigenvalue weighted by Gasteiger charge is -2.01. The second-order valence-electron chi connectivity index (χ2n) is 4.06. The second-order valence-corrected chi connectivity index (χ2v) is 4.06. The first-order valence-electron chi connectivity index (χ1n) is 5.40.